The van der Waals surface area contributed by atoms with E-state index in [1.165, 1.54) is 19.2 Å². The van der Waals surface area contributed by atoms with E-state index in [0.29, 0.717) is 17.7 Å². The number of aliphatic hydroxyl groups is 1. The topological polar surface area (TPSA) is 81.8 Å². The van der Waals surface area contributed by atoms with Crippen molar-refractivity contribution in [3.05, 3.63) is 27.8 Å². The van der Waals surface area contributed by atoms with Gasteiger partial charge in [-0.2, -0.15) is 0 Å². The number of halogens is 1. The molecule has 1 N–H and O–H groups in total. The van der Waals surface area contributed by atoms with Gasteiger partial charge in [0.25, 0.3) is 5.69 Å². The molecule has 0 unspecified atom stereocenters. The molecule has 0 aromatic heterocycles. The van der Waals surface area contributed by atoms with Crippen LogP contribution in [0.3, 0.4) is 0 Å². The van der Waals surface area contributed by atoms with E-state index >= 15 is 0 Å². The van der Waals surface area contributed by atoms with Crippen molar-refractivity contribution in [2.75, 3.05) is 19.0 Å². The number of nitro benzene ring substituents is 1. The number of alkyl halides is 1. The first-order chi connectivity index (χ1) is 8.13. The smallest absolute Gasteiger partial charge is 0.278 e. The average Bonchev–Trinajstić information content (AvgIpc) is 2.34. The predicted octanol–water partition coefficient (Wildman–Crippen LogP) is 1.87. The Morgan fingerprint density at radius 2 is 2.18 bits per heavy atom. The van der Waals surface area contributed by atoms with Crippen molar-refractivity contribution in [3.8, 4) is 11.5 Å². The Labute approximate surface area is 106 Å². The van der Waals surface area contributed by atoms with E-state index in [2.05, 4.69) is 15.9 Å². The molecule has 7 heteroatoms. The lowest BCUT2D eigenvalue weighted by Crippen LogP contribution is -2.03. The Bertz CT molecular complexity index is 410. The number of nitrogens with zero attached hydrogens (tertiary/aromatic N) is 1. The Morgan fingerprint density at radius 1 is 1.47 bits per heavy atom. The molecular formula is C10H12BrNO5. The highest BCUT2D eigenvalue weighted by Crippen LogP contribution is 2.34. The van der Waals surface area contributed by atoms with Gasteiger partial charge in [-0.15, -0.1) is 0 Å². The molecule has 0 spiro atoms. The van der Waals surface area contributed by atoms with Crippen molar-refractivity contribution >= 4 is 21.6 Å². The van der Waals surface area contributed by atoms with Crippen LogP contribution >= 0.6 is 15.9 Å². The van der Waals surface area contributed by atoms with Gasteiger partial charge in [0.05, 0.1) is 36.9 Å². The SMILES string of the molecule is COc1cc(CO)c([N+](=O)[O-])cc1OCCBr. The summed E-state index contributed by atoms with van der Waals surface area (Å²) < 4.78 is 10.4. The van der Waals surface area contributed by atoms with E-state index in [0.717, 1.165) is 0 Å². The molecule has 1 rings (SSSR count). The third kappa shape index (κ3) is 3.31. The number of hydrogen-bond acceptors (Lipinski definition) is 5. The van der Waals surface area contributed by atoms with E-state index in [1.807, 2.05) is 0 Å². The largest absolute Gasteiger partial charge is 0.493 e. The molecule has 0 radical (unpaired) electrons. The Morgan fingerprint density at radius 3 is 2.65 bits per heavy atom. The maximum atomic E-state index is 10.8. The second kappa shape index (κ2) is 6.41. The fourth-order valence-electron chi connectivity index (χ4n) is 1.31. The molecule has 6 nitrogen and oxygen atoms in total. The second-order valence-electron chi connectivity index (χ2n) is 3.08. The minimum Gasteiger partial charge on any atom is -0.493 e. The summed E-state index contributed by atoms with van der Waals surface area (Å²) in [7, 11) is 1.43. The quantitative estimate of drug-likeness (QED) is 0.493. The molecule has 0 saturated carbocycles. The number of benzene rings is 1. The molecule has 1 aromatic carbocycles. The maximum absolute atomic E-state index is 10.8. The molecule has 0 heterocycles. The summed E-state index contributed by atoms with van der Waals surface area (Å²) in [6.07, 6.45) is 0. The second-order valence-corrected chi connectivity index (χ2v) is 3.88. The van der Waals surface area contributed by atoms with Crippen molar-refractivity contribution in [3.63, 3.8) is 0 Å². The first kappa shape index (κ1) is 13.7. The maximum Gasteiger partial charge on any atom is 0.278 e. The average molecular weight is 306 g/mol. The van der Waals surface area contributed by atoms with Crippen LogP contribution in [0.5, 0.6) is 11.5 Å². The van der Waals surface area contributed by atoms with Crippen molar-refractivity contribution in [1.29, 1.82) is 0 Å². The third-order valence-corrected chi connectivity index (χ3v) is 2.39. The molecule has 1 aromatic rings. The summed E-state index contributed by atoms with van der Waals surface area (Å²) in [5, 5.41) is 20.4. The summed E-state index contributed by atoms with van der Waals surface area (Å²) in [4.78, 5) is 10.2. The zero-order valence-electron chi connectivity index (χ0n) is 9.18. The van der Waals surface area contributed by atoms with Gasteiger partial charge >= 0.3 is 0 Å². The van der Waals surface area contributed by atoms with Crippen LogP contribution in [0.2, 0.25) is 0 Å². The molecule has 0 amide bonds. The fraction of sp³-hybridized carbons (Fsp3) is 0.400. The number of nitro groups is 1. The predicted molar refractivity (Wildman–Crippen MR) is 64.9 cm³/mol. The lowest BCUT2D eigenvalue weighted by Gasteiger charge is -2.11. The molecule has 0 aliphatic carbocycles. The van der Waals surface area contributed by atoms with Gasteiger partial charge < -0.3 is 14.6 Å². The highest BCUT2D eigenvalue weighted by Gasteiger charge is 2.18. The number of methoxy groups -OCH3 is 1. The Kier molecular flexibility index (Phi) is 5.17. The zero-order valence-corrected chi connectivity index (χ0v) is 10.8. The van der Waals surface area contributed by atoms with Crippen molar-refractivity contribution in [2.45, 2.75) is 6.61 Å². The van der Waals surface area contributed by atoms with Crippen LogP contribution in [0.4, 0.5) is 5.69 Å². The molecule has 0 saturated heterocycles. The summed E-state index contributed by atoms with van der Waals surface area (Å²) in [6, 6.07) is 2.66. The summed E-state index contributed by atoms with van der Waals surface area (Å²) in [5.41, 5.74) is 0.0101. The molecule has 0 aliphatic rings. The van der Waals surface area contributed by atoms with Gasteiger partial charge in [-0.3, -0.25) is 10.1 Å². The van der Waals surface area contributed by atoms with Crippen LogP contribution in [0, 0.1) is 10.1 Å². The van der Waals surface area contributed by atoms with Crippen LogP contribution in [-0.2, 0) is 6.61 Å². The molecule has 94 valence electrons. The first-order valence-electron chi connectivity index (χ1n) is 4.79. The van der Waals surface area contributed by atoms with E-state index in [4.69, 9.17) is 14.6 Å². The first-order valence-corrected chi connectivity index (χ1v) is 5.91. The van der Waals surface area contributed by atoms with Gasteiger partial charge in [-0.25, -0.2) is 0 Å². The van der Waals surface area contributed by atoms with Crippen molar-refractivity contribution in [2.24, 2.45) is 0 Å². The molecule has 17 heavy (non-hydrogen) atoms. The molecule has 0 bridgehead atoms. The zero-order chi connectivity index (χ0) is 12.8. The lowest BCUT2D eigenvalue weighted by atomic mass is 10.1. The van der Waals surface area contributed by atoms with Crippen molar-refractivity contribution < 1.29 is 19.5 Å². The van der Waals surface area contributed by atoms with Crippen molar-refractivity contribution in [1.82, 2.24) is 0 Å². The van der Waals surface area contributed by atoms with E-state index in [9.17, 15) is 10.1 Å². The molecule has 0 atom stereocenters. The summed E-state index contributed by atoms with van der Waals surface area (Å²) in [5.74, 6) is 0.649. The highest BCUT2D eigenvalue weighted by molar-refractivity contribution is 9.09. The number of ether oxygens (including phenoxy) is 2. The monoisotopic (exact) mass is 305 g/mol. The normalized spacial score (nSPS) is 10.1. The van der Waals surface area contributed by atoms with E-state index in [1.54, 1.807) is 0 Å². The number of rotatable bonds is 6. The lowest BCUT2D eigenvalue weighted by molar-refractivity contribution is -0.385. The standard InChI is InChI=1S/C10H12BrNO5/c1-16-9-4-7(6-13)8(12(14)15)5-10(9)17-3-2-11/h4-5,13H,2-3,6H2,1H3. The van der Waals surface area contributed by atoms with E-state index in [-0.39, 0.29) is 17.0 Å². The van der Waals surface area contributed by atoms with Gasteiger partial charge in [0.1, 0.15) is 0 Å². The number of aliphatic hydroxyl groups excluding tert-OH is 1. The van der Waals surface area contributed by atoms with Gasteiger partial charge in [0.15, 0.2) is 11.5 Å². The van der Waals surface area contributed by atoms with Crippen LogP contribution in [-0.4, -0.2) is 29.1 Å². The third-order valence-electron chi connectivity index (χ3n) is 2.07. The van der Waals surface area contributed by atoms with Crippen LogP contribution in [0.15, 0.2) is 12.1 Å². The number of hydrogen-bond donors (Lipinski definition) is 1. The Hall–Kier alpha value is -1.34. The van der Waals surface area contributed by atoms with E-state index < -0.39 is 11.5 Å². The van der Waals surface area contributed by atoms with Gasteiger partial charge in [0.2, 0.25) is 0 Å². The molecule has 0 aliphatic heterocycles. The Balaban J connectivity index is 3.18. The van der Waals surface area contributed by atoms with Crippen LogP contribution in [0.1, 0.15) is 5.56 Å². The minimum atomic E-state index is -0.564. The summed E-state index contributed by atoms with van der Waals surface area (Å²) in [6.45, 7) is -0.0582. The highest BCUT2D eigenvalue weighted by atomic mass is 79.9. The summed E-state index contributed by atoms with van der Waals surface area (Å²) >= 11 is 3.19. The molecular weight excluding hydrogens is 294 g/mol. The van der Waals surface area contributed by atoms with Gasteiger partial charge in [-0.1, -0.05) is 15.9 Å². The molecule has 0 fully saturated rings. The van der Waals surface area contributed by atoms with Gasteiger partial charge in [0, 0.05) is 5.33 Å². The van der Waals surface area contributed by atoms with Crippen LogP contribution in [0.25, 0.3) is 0 Å². The van der Waals surface area contributed by atoms with Gasteiger partial charge in [-0.05, 0) is 6.07 Å². The minimum absolute atomic E-state index is 0.183. The van der Waals surface area contributed by atoms with Crippen LogP contribution < -0.4 is 9.47 Å². The fourth-order valence-corrected chi connectivity index (χ4v) is 1.47.